The molecule has 0 radical (unpaired) electrons. The van der Waals surface area contributed by atoms with E-state index in [1.54, 1.807) is 13.3 Å². The van der Waals surface area contributed by atoms with Crippen LogP contribution >= 0.6 is 0 Å². The Morgan fingerprint density at radius 3 is 3.00 bits per heavy atom. The van der Waals surface area contributed by atoms with Crippen LogP contribution in [0.3, 0.4) is 0 Å². The quantitative estimate of drug-likeness (QED) is 0.819. The summed E-state index contributed by atoms with van der Waals surface area (Å²) in [4.78, 5) is 14.5. The summed E-state index contributed by atoms with van der Waals surface area (Å²) in [5.41, 5.74) is 2.25. The Hall–Kier alpha value is -2.41. The highest BCUT2D eigenvalue weighted by Gasteiger charge is 2.37. The number of aryl methyl sites for hydroxylation is 1. The van der Waals surface area contributed by atoms with Crippen LogP contribution in [-0.2, 0) is 22.6 Å². The number of aromatic nitrogens is 3. The van der Waals surface area contributed by atoms with E-state index in [9.17, 15) is 4.79 Å². The van der Waals surface area contributed by atoms with Crippen molar-refractivity contribution in [2.24, 2.45) is 0 Å². The lowest BCUT2D eigenvalue weighted by Gasteiger charge is -2.41. The fourth-order valence-electron chi connectivity index (χ4n) is 3.81. The van der Waals surface area contributed by atoms with E-state index >= 15 is 0 Å². The molecule has 0 bridgehead atoms. The second kappa shape index (κ2) is 7.45. The molecule has 2 aliphatic heterocycles. The van der Waals surface area contributed by atoms with E-state index in [1.807, 2.05) is 21.7 Å². The molecule has 2 aliphatic rings. The summed E-state index contributed by atoms with van der Waals surface area (Å²) >= 11 is 0. The molecule has 2 atom stereocenters. The van der Waals surface area contributed by atoms with Gasteiger partial charge in [-0.2, -0.15) is 0 Å². The van der Waals surface area contributed by atoms with Crippen molar-refractivity contribution in [1.29, 1.82) is 0 Å². The van der Waals surface area contributed by atoms with Crippen LogP contribution in [0.4, 0.5) is 0 Å². The maximum absolute atomic E-state index is 12.6. The number of hydrogen-bond donors (Lipinski definition) is 0. The zero-order valence-electron chi connectivity index (χ0n) is 15.0. The molecule has 7 nitrogen and oxygen atoms in total. The third kappa shape index (κ3) is 3.44. The lowest BCUT2D eigenvalue weighted by Crippen LogP contribution is -2.50. The topological polar surface area (TPSA) is 69.5 Å². The highest BCUT2D eigenvalue weighted by molar-refractivity contribution is 5.76. The van der Waals surface area contributed by atoms with Gasteiger partial charge in [0.05, 0.1) is 37.8 Å². The maximum atomic E-state index is 12.6. The van der Waals surface area contributed by atoms with Gasteiger partial charge in [0.25, 0.3) is 0 Å². The number of piperidine rings is 1. The summed E-state index contributed by atoms with van der Waals surface area (Å²) < 4.78 is 13.1. The molecule has 3 heterocycles. The highest BCUT2D eigenvalue weighted by atomic mass is 16.5. The molecule has 1 amide bonds. The molecular formula is C19H24N4O3. The van der Waals surface area contributed by atoms with Gasteiger partial charge in [0.2, 0.25) is 5.91 Å². The Bertz CT molecular complexity index is 758. The standard InChI is InChI=1S/C19H24N4O3/c1-25-16-7-5-14(6-8-16)3-2-4-19(24)22-10-9-17-18(12-22)26-13-15-11-20-21-23(15)17/h5-8,11,17-18H,2-4,9-10,12-13H2,1H3/t17-,18-/m0/s1. The molecule has 1 fully saturated rings. The number of nitrogens with zero attached hydrogens (tertiary/aromatic N) is 4. The molecule has 26 heavy (non-hydrogen) atoms. The minimum Gasteiger partial charge on any atom is -0.497 e. The van der Waals surface area contributed by atoms with Gasteiger partial charge >= 0.3 is 0 Å². The first-order valence-electron chi connectivity index (χ1n) is 9.16. The number of benzene rings is 1. The lowest BCUT2D eigenvalue weighted by atomic mass is 9.99. The Labute approximate surface area is 152 Å². The molecular weight excluding hydrogens is 332 g/mol. The molecule has 4 rings (SSSR count). The molecule has 0 spiro atoms. The summed E-state index contributed by atoms with van der Waals surface area (Å²) in [5, 5.41) is 8.15. The van der Waals surface area contributed by atoms with Crippen molar-refractivity contribution >= 4 is 5.91 Å². The number of amides is 1. The molecule has 0 unspecified atom stereocenters. The van der Waals surface area contributed by atoms with Crippen LogP contribution in [-0.4, -0.2) is 52.1 Å². The van der Waals surface area contributed by atoms with Crippen molar-refractivity contribution in [3.63, 3.8) is 0 Å². The van der Waals surface area contributed by atoms with Crippen molar-refractivity contribution in [1.82, 2.24) is 19.9 Å². The van der Waals surface area contributed by atoms with E-state index in [0.717, 1.165) is 37.3 Å². The molecule has 1 saturated heterocycles. The minimum atomic E-state index is 0.0171. The van der Waals surface area contributed by atoms with Gasteiger partial charge in [-0.05, 0) is 37.0 Å². The second-order valence-electron chi connectivity index (χ2n) is 6.92. The summed E-state index contributed by atoms with van der Waals surface area (Å²) in [6.45, 7) is 1.92. The fraction of sp³-hybridized carbons (Fsp3) is 0.526. The van der Waals surface area contributed by atoms with Crippen molar-refractivity contribution in [2.45, 2.75) is 44.4 Å². The lowest BCUT2D eigenvalue weighted by molar-refractivity contribution is -0.139. The average molecular weight is 356 g/mol. The normalized spacial score (nSPS) is 21.8. The van der Waals surface area contributed by atoms with Gasteiger partial charge in [0, 0.05) is 19.5 Å². The second-order valence-corrected chi connectivity index (χ2v) is 6.92. The number of rotatable bonds is 5. The Morgan fingerprint density at radius 2 is 2.19 bits per heavy atom. The van der Waals surface area contributed by atoms with Gasteiger partial charge in [-0.25, -0.2) is 4.68 Å². The summed E-state index contributed by atoms with van der Waals surface area (Å²) in [7, 11) is 1.66. The number of likely N-dealkylation sites (tertiary alicyclic amines) is 1. The third-order valence-corrected chi connectivity index (χ3v) is 5.30. The molecule has 2 aromatic rings. The van der Waals surface area contributed by atoms with Crippen molar-refractivity contribution < 1.29 is 14.3 Å². The van der Waals surface area contributed by atoms with Crippen LogP contribution in [0.15, 0.2) is 30.5 Å². The third-order valence-electron chi connectivity index (χ3n) is 5.30. The largest absolute Gasteiger partial charge is 0.497 e. The van der Waals surface area contributed by atoms with Crippen molar-refractivity contribution in [3.8, 4) is 5.75 Å². The molecule has 1 aromatic heterocycles. The number of methoxy groups -OCH3 is 1. The molecule has 0 aliphatic carbocycles. The summed E-state index contributed by atoms with van der Waals surface area (Å²) in [5.74, 6) is 1.07. The Balaban J connectivity index is 1.27. The van der Waals surface area contributed by atoms with Crippen molar-refractivity contribution in [3.05, 3.63) is 41.7 Å². The molecule has 0 saturated carbocycles. The zero-order chi connectivity index (χ0) is 17.9. The van der Waals surface area contributed by atoms with Crippen LogP contribution in [0, 0.1) is 0 Å². The molecule has 138 valence electrons. The van der Waals surface area contributed by atoms with Gasteiger partial charge < -0.3 is 14.4 Å². The van der Waals surface area contributed by atoms with Crippen LogP contribution in [0.1, 0.15) is 36.6 Å². The van der Waals surface area contributed by atoms with Gasteiger partial charge in [-0.3, -0.25) is 4.79 Å². The average Bonchev–Trinajstić information content (AvgIpc) is 3.17. The number of ether oxygens (including phenoxy) is 2. The van der Waals surface area contributed by atoms with E-state index in [2.05, 4.69) is 22.4 Å². The molecule has 1 aromatic carbocycles. The number of hydrogen-bond acceptors (Lipinski definition) is 5. The first kappa shape index (κ1) is 17.0. The van der Waals surface area contributed by atoms with E-state index < -0.39 is 0 Å². The number of fused-ring (bicyclic) bond motifs is 3. The van der Waals surface area contributed by atoms with Crippen LogP contribution in [0.25, 0.3) is 0 Å². The maximum Gasteiger partial charge on any atom is 0.222 e. The zero-order valence-corrected chi connectivity index (χ0v) is 15.0. The molecule has 0 N–H and O–H groups in total. The van der Waals surface area contributed by atoms with Crippen LogP contribution in [0.2, 0.25) is 0 Å². The van der Waals surface area contributed by atoms with E-state index in [0.29, 0.717) is 19.6 Å². The van der Waals surface area contributed by atoms with Gasteiger partial charge in [0.1, 0.15) is 5.75 Å². The van der Waals surface area contributed by atoms with Crippen LogP contribution in [0.5, 0.6) is 5.75 Å². The predicted octanol–water partition coefficient (Wildman–Crippen LogP) is 1.98. The van der Waals surface area contributed by atoms with E-state index in [1.165, 1.54) is 5.56 Å². The first-order valence-corrected chi connectivity index (χ1v) is 9.16. The number of carbonyl (C=O) groups is 1. The Morgan fingerprint density at radius 1 is 1.35 bits per heavy atom. The fourth-order valence-corrected chi connectivity index (χ4v) is 3.81. The first-order chi connectivity index (χ1) is 12.7. The SMILES string of the molecule is COc1ccc(CCCC(=O)N2CC[C@H]3[C@H](C2)OCc2cnnn23)cc1. The number of carbonyl (C=O) groups excluding carboxylic acids is 1. The van der Waals surface area contributed by atoms with Crippen molar-refractivity contribution in [2.75, 3.05) is 20.2 Å². The van der Waals surface area contributed by atoms with E-state index in [4.69, 9.17) is 9.47 Å². The van der Waals surface area contributed by atoms with E-state index in [-0.39, 0.29) is 18.1 Å². The summed E-state index contributed by atoms with van der Waals surface area (Å²) in [6, 6.07) is 8.23. The van der Waals surface area contributed by atoms with Crippen LogP contribution < -0.4 is 4.74 Å². The smallest absolute Gasteiger partial charge is 0.222 e. The Kier molecular flexibility index (Phi) is 4.88. The highest BCUT2D eigenvalue weighted by Crippen LogP contribution is 2.30. The summed E-state index contributed by atoms with van der Waals surface area (Å²) in [6.07, 6.45) is 4.96. The molecule has 7 heteroatoms. The van der Waals surface area contributed by atoms with Gasteiger partial charge in [0.15, 0.2) is 0 Å². The minimum absolute atomic E-state index is 0.0171. The van der Waals surface area contributed by atoms with Gasteiger partial charge in [-0.1, -0.05) is 17.3 Å². The predicted molar refractivity (Wildman–Crippen MR) is 94.8 cm³/mol. The van der Waals surface area contributed by atoms with Gasteiger partial charge in [-0.15, -0.1) is 5.10 Å². The monoisotopic (exact) mass is 356 g/mol.